The Morgan fingerprint density at radius 3 is 2.65 bits per heavy atom. The van der Waals surface area contributed by atoms with Crippen molar-refractivity contribution in [3.05, 3.63) is 35.4 Å². The van der Waals surface area contributed by atoms with Crippen LogP contribution in [-0.2, 0) is 11.2 Å². The van der Waals surface area contributed by atoms with E-state index >= 15 is 0 Å². The second-order valence-corrected chi connectivity index (χ2v) is 5.79. The van der Waals surface area contributed by atoms with Crippen LogP contribution >= 0.6 is 0 Å². The van der Waals surface area contributed by atoms with E-state index in [2.05, 4.69) is 37.8 Å². The van der Waals surface area contributed by atoms with E-state index in [0.717, 1.165) is 24.9 Å². The minimum atomic E-state index is 0.203. The lowest BCUT2D eigenvalue weighted by molar-refractivity contribution is -0.0460. The predicted molar refractivity (Wildman–Crippen MR) is 81.2 cm³/mol. The molecule has 2 rings (SSSR count). The molecule has 110 valence electrons. The average molecular weight is 275 g/mol. The Morgan fingerprint density at radius 2 is 2.00 bits per heavy atom. The van der Waals surface area contributed by atoms with Crippen LogP contribution in [0.15, 0.2) is 24.3 Å². The maximum Gasteiger partial charge on any atom is 0.176 e. The van der Waals surface area contributed by atoms with Crippen LogP contribution in [0.25, 0.3) is 0 Å². The molecule has 1 fully saturated rings. The van der Waals surface area contributed by atoms with Gasteiger partial charge in [-0.25, -0.2) is 0 Å². The molecule has 0 aromatic heterocycles. The number of carbonyl (C=O) groups excluding carboxylic acids is 1. The van der Waals surface area contributed by atoms with Crippen molar-refractivity contribution in [2.24, 2.45) is 0 Å². The Morgan fingerprint density at radius 1 is 1.30 bits per heavy atom. The first kappa shape index (κ1) is 15.2. The molecular formula is C17H25NO2. The number of morpholine rings is 1. The highest BCUT2D eigenvalue weighted by molar-refractivity contribution is 5.97. The van der Waals surface area contributed by atoms with Gasteiger partial charge in [-0.3, -0.25) is 9.69 Å². The number of carbonyl (C=O) groups is 1. The summed E-state index contributed by atoms with van der Waals surface area (Å²) in [7, 11) is 0. The van der Waals surface area contributed by atoms with E-state index in [1.54, 1.807) is 0 Å². The Labute approximate surface area is 121 Å². The molecule has 3 heteroatoms. The third-order valence-corrected chi connectivity index (χ3v) is 3.90. The molecule has 3 nitrogen and oxygen atoms in total. The molecular weight excluding hydrogens is 250 g/mol. The van der Waals surface area contributed by atoms with Gasteiger partial charge in [0, 0.05) is 18.2 Å². The standard InChI is InChI=1S/C17H25NO2/c1-4-5-15-6-8-16(9-7-15)17(19)11-18-10-14(3)20-12-13(18)2/h6-9,13-14H,4-5,10-12H2,1-3H3. The SMILES string of the molecule is CCCc1ccc(C(=O)CN2CC(C)OCC2C)cc1. The van der Waals surface area contributed by atoms with E-state index in [0.29, 0.717) is 19.2 Å². The molecule has 0 radical (unpaired) electrons. The highest BCUT2D eigenvalue weighted by Gasteiger charge is 2.25. The van der Waals surface area contributed by atoms with Crippen molar-refractivity contribution in [2.45, 2.75) is 45.8 Å². The highest BCUT2D eigenvalue weighted by atomic mass is 16.5. The molecule has 0 amide bonds. The van der Waals surface area contributed by atoms with Gasteiger partial charge in [0.25, 0.3) is 0 Å². The summed E-state index contributed by atoms with van der Waals surface area (Å²) in [5.74, 6) is 0.203. The fourth-order valence-electron chi connectivity index (χ4n) is 2.61. The molecule has 0 spiro atoms. The number of aryl methyl sites for hydroxylation is 1. The third kappa shape index (κ3) is 3.90. The van der Waals surface area contributed by atoms with E-state index in [-0.39, 0.29) is 11.9 Å². The molecule has 20 heavy (non-hydrogen) atoms. The van der Waals surface area contributed by atoms with Crippen molar-refractivity contribution in [1.29, 1.82) is 0 Å². The van der Waals surface area contributed by atoms with Crippen molar-refractivity contribution < 1.29 is 9.53 Å². The molecule has 1 aromatic rings. The molecule has 0 saturated carbocycles. The summed E-state index contributed by atoms with van der Waals surface area (Å²) in [6.07, 6.45) is 2.43. The summed E-state index contributed by atoms with van der Waals surface area (Å²) in [4.78, 5) is 14.6. The second-order valence-electron chi connectivity index (χ2n) is 5.79. The molecule has 1 aliphatic rings. The minimum Gasteiger partial charge on any atom is -0.376 e. The largest absolute Gasteiger partial charge is 0.376 e. The van der Waals surface area contributed by atoms with Gasteiger partial charge in [0.15, 0.2) is 5.78 Å². The Kier molecular flexibility index (Phi) is 5.32. The Bertz CT molecular complexity index is 441. The molecule has 1 aliphatic heterocycles. The van der Waals surface area contributed by atoms with E-state index in [1.807, 2.05) is 12.1 Å². The summed E-state index contributed by atoms with van der Waals surface area (Å²) in [6, 6.07) is 8.38. The quantitative estimate of drug-likeness (QED) is 0.774. The molecule has 0 aliphatic carbocycles. The topological polar surface area (TPSA) is 29.5 Å². The first-order valence-electron chi connectivity index (χ1n) is 7.58. The number of ether oxygens (including phenoxy) is 1. The number of Topliss-reactive ketones (excluding diaryl/α,β-unsaturated/α-hetero) is 1. The molecule has 0 N–H and O–H groups in total. The van der Waals surface area contributed by atoms with Gasteiger partial charge < -0.3 is 4.74 Å². The minimum absolute atomic E-state index is 0.203. The van der Waals surface area contributed by atoms with Crippen molar-refractivity contribution in [2.75, 3.05) is 19.7 Å². The highest BCUT2D eigenvalue weighted by Crippen LogP contribution is 2.13. The van der Waals surface area contributed by atoms with Crippen LogP contribution < -0.4 is 0 Å². The van der Waals surface area contributed by atoms with Crippen molar-refractivity contribution in [1.82, 2.24) is 4.90 Å². The van der Waals surface area contributed by atoms with E-state index in [1.165, 1.54) is 5.56 Å². The predicted octanol–water partition coefficient (Wildman–Crippen LogP) is 2.93. The van der Waals surface area contributed by atoms with Gasteiger partial charge in [-0.15, -0.1) is 0 Å². The van der Waals surface area contributed by atoms with Crippen LogP contribution in [0, 0.1) is 0 Å². The lowest BCUT2D eigenvalue weighted by Crippen LogP contribution is -2.49. The van der Waals surface area contributed by atoms with Crippen molar-refractivity contribution in [3.8, 4) is 0 Å². The van der Waals surface area contributed by atoms with Crippen LogP contribution in [0.1, 0.15) is 43.1 Å². The number of nitrogens with zero attached hydrogens (tertiary/aromatic N) is 1. The summed E-state index contributed by atoms with van der Waals surface area (Å²) in [5, 5.41) is 0. The first-order valence-corrected chi connectivity index (χ1v) is 7.58. The molecule has 2 atom stereocenters. The van der Waals surface area contributed by atoms with E-state index in [9.17, 15) is 4.79 Å². The smallest absolute Gasteiger partial charge is 0.176 e. The van der Waals surface area contributed by atoms with Crippen LogP contribution in [0.2, 0.25) is 0 Å². The zero-order valence-corrected chi connectivity index (χ0v) is 12.8. The van der Waals surface area contributed by atoms with E-state index in [4.69, 9.17) is 4.74 Å². The monoisotopic (exact) mass is 275 g/mol. The van der Waals surface area contributed by atoms with Crippen LogP contribution in [0.4, 0.5) is 0 Å². The normalized spacial score (nSPS) is 23.8. The lowest BCUT2D eigenvalue weighted by atomic mass is 10.0. The van der Waals surface area contributed by atoms with Crippen LogP contribution in [-0.4, -0.2) is 42.5 Å². The number of hydrogen-bond acceptors (Lipinski definition) is 3. The third-order valence-electron chi connectivity index (χ3n) is 3.90. The van der Waals surface area contributed by atoms with Gasteiger partial charge in [-0.1, -0.05) is 37.6 Å². The maximum atomic E-state index is 12.4. The molecule has 2 unspecified atom stereocenters. The van der Waals surface area contributed by atoms with Crippen molar-refractivity contribution >= 4 is 5.78 Å². The second kappa shape index (κ2) is 7.00. The summed E-state index contributed by atoms with van der Waals surface area (Å²) >= 11 is 0. The maximum absolute atomic E-state index is 12.4. The zero-order chi connectivity index (χ0) is 14.5. The zero-order valence-electron chi connectivity index (χ0n) is 12.8. The van der Waals surface area contributed by atoms with Gasteiger partial charge in [0.05, 0.1) is 19.3 Å². The van der Waals surface area contributed by atoms with Gasteiger partial charge in [-0.2, -0.15) is 0 Å². The average Bonchev–Trinajstić information content (AvgIpc) is 2.44. The van der Waals surface area contributed by atoms with Gasteiger partial charge in [-0.05, 0) is 25.8 Å². The Balaban J connectivity index is 1.96. The number of benzene rings is 1. The van der Waals surface area contributed by atoms with Gasteiger partial charge in [0.2, 0.25) is 0 Å². The number of hydrogen-bond donors (Lipinski definition) is 0. The molecule has 0 bridgehead atoms. The van der Waals surface area contributed by atoms with E-state index < -0.39 is 0 Å². The van der Waals surface area contributed by atoms with Crippen LogP contribution in [0.3, 0.4) is 0 Å². The molecule has 1 saturated heterocycles. The Hall–Kier alpha value is -1.19. The van der Waals surface area contributed by atoms with Gasteiger partial charge in [0.1, 0.15) is 0 Å². The number of rotatable bonds is 5. The summed E-state index contributed by atoms with van der Waals surface area (Å²) < 4.78 is 5.60. The lowest BCUT2D eigenvalue weighted by Gasteiger charge is -2.36. The van der Waals surface area contributed by atoms with Gasteiger partial charge >= 0.3 is 0 Å². The van der Waals surface area contributed by atoms with Crippen molar-refractivity contribution in [3.63, 3.8) is 0 Å². The summed E-state index contributed by atoms with van der Waals surface area (Å²) in [5.41, 5.74) is 2.12. The fraction of sp³-hybridized carbons (Fsp3) is 0.588. The first-order chi connectivity index (χ1) is 9.60. The molecule has 1 heterocycles. The van der Waals surface area contributed by atoms with Crippen LogP contribution in [0.5, 0.6) is 0 Å². The summed E-state index contributed by atoms with van der Waals surface area (Å²) in [6.45, 7) is 8.37. The fourth-order valence-corrected chi connectivity index (χ4v) is 2.61. The molecule has 1 aromatic carbocycles. The number of ketones is 1.